The normalized spacial score (nSPS) is 22.7. The molecule has 2 fully saturated rings. The molecule has 1 saturated heterocycles. The van der Waals surface area contributed by atoms with E-state index in [2.05, 4.69) is 41.4 Å². The third-order valence-electron chi connectivity index (χ3n) is 4.68. The molecular weight excluding hydrogens is 248 g/mol. The summed E-state index contributed by atoms with van der Waals surface area (Å²) in [5.74, 6) is 0.869. The van der Waals surface area contributed by atoms with Crippen LogP contribution in [-0.4, -0.2) is 35.2 Å². The molecule has 1 aliphatic heterocycles. The molecule has 3 rings (SSSR count). The molecule has 0 spiro atoms. The summed E-state index contributed by atoms with van der Waals surface area (Å²) in [4.78, 5) is 2.45. The van der Waals surface area contributed by atoms with Gasteiger partial charge in [0, 0.05) is 31.4 Å². The first-order chi connectivity index (χ1) is 9.72. The highest BCUT2D eigenvalue weighted by Crippen LogP contribution is 2.34. The predicted octanol–water partition coefficient (Wildman–Crippen LogP) is 2.85. The van der Waals surface area contributed by atoms with E-state index in [-0.39, 0.29) is 6.10 Å². The van der Waals surface area contributed by atoms with Crippen molar-refractivity contribution in [2.24, 2.45) is 5.92 Å². The molecule has 2 aliphatic rings. The smallest absolute Gasteiger partial charge is 0.0564 e. The van der Waals surface area contributed by atoms with Gasteiger partial charge in [-0.05, 0) is 50.2 Å². The van der Waals surface area contributed by atoms with Crippen molar-refractivity contribution < 1.29 is 5.11 Å². The van der Waals surface area contributed by atoms with Crippen molar-refractivity contribution >= 4 is 5.69 Å². The predicted molar refractivity (Wildman–Crippen MR) is 82.8 cm³/mol. The highest BCUT2D eigenvalue weighted by molar-refractivity contribution is 5.52. The van der Waals surface area contributed by atoms with E-state index in [0.29, 0.717) is 6.04 Å². The lowest BCUT2D eigenvalue weighted by Gasteiger charge is -2.30. The Balaban J connectivity index is 1.63. The number of aliphatic hydroxyl groups is 1. The van der Waals surface area contributed by atoms with Crippen molar-refractivity contribution in [1.82, 2.24) is 4.90 Å². The van der Waals surface area contributed by atoms with Gasteiger partial charge in [0.05, 0.1) is 6.10 Å². The third kappa shape index (κ3) is 3.53. The van der Waals surface area contributed by atoms with E-state index in [0.717, 1.165) is 38.4 Å². The van der Waals surface area contributed by atoms with E-state index in [1.807, 2.05) is 0 Å². The minimum absolute atomic E-state index is 0.0884. The minimum Gasteiger partial charge on any atom is -0.393 e. The van der Waals surface area contributed by atoms with Gasteiger partial charge in [-0.3, -0.25) is 4.90 Å². The van der Waals surface area contributed by atoms with E-state index < -0.39 is 0 Å². The molecule has 110 valence electrons. The molecule has 1 unspecified atom stereocenters. The molecular formula is C17H26N2O. The zero-order valence-electron chi connectivity index (χ0n) is 12.4. The first-order valence-corrected chi connectivity index (χ1v) is 7.97. The van der Waals surface area contributed by atoms with Crippen molar-refractivity contribution in [3.05, 3.63) is 29.8 Å². The number of rotatable bonds is 5. The largest absolute Gasteiger partial charge is 0.393 e. The molecule has 0 bridgehead atoms. The number of hydrogen-bond acceptors (Lipinski definition) is 3. The Morgan fingerprint density at radius 3 is 2.60 bits per heavy atom. The standard InChI is InChI=1S/C17H26N2O/c1-13(14-6-7-14)18-17-5-3-2-4-15(17)12-19-10-8-16(20)9-11-19/h2-5,13-14,16,18,20H,6-12H2,1H3. The van der Waals surface area contributed by atoms with Gasteiger partial charge in [-0.15, -0.1) is 0 Å². The Bertz CT molecular complexity index is 436. The van der Waals surface area contributed by atoms with Crippen LogP contribution in [0.1, 0.15) is 38.2 Å². The van der Waals surface area contributed by atoms with Crippen LogP contribution in [0.2, 0.25) is 0 Å². The summed E-state index contributed by atoms with van der Waals surface area (Å²) in [5.41, 5.74) is 2.68. The summed E-state index contributed by atoms with van der Waals surface area (Å²) in [7, 11) is 0. The zero-order valence-corrected chi connectivity index (χ0v) is 12.4. The molecule has 0 amide bonds. The lowest BCUT2D eigenvalue weighted by molar-refractivity contribution is 0.0793. The molecule has 3 heteroatoms. The second-order valence-corrected chi connectivity index (χ2v) is 6.43. The van der Waals surface area contributed by atoms with Crippen LogP contribution in [0.3, 0.4) is 0 Å². The fourth-order valence-electron chi connectivity index (χ4n) is 3.08. The number of piperidine rings is 1. The average molecular weight is 274 g/mol. The monoisotopic (exact) mass is 274 g/mol. The van der Waals surface area contributed by atoms with Gasteiger partial charge in [-0.25, -0.2) is 0 Å². The molecule has 1 atom stereocenters. The topological polar surface area (TPSA) is 35.5 Å². The number of likely N-dealkylation sites (tertiary alicyclic amines) is 1. The Labute approximate surface area is 122 Å². The summed E-state index contributed by atoms with van der Waals surface area (Å²) in [6.45, 7) is 5.31. The molecule has 20 heavy (non-hydrogen) atoms. The Kier molecular flexibility index (Phi) is 4.27. The summed E-state index contributed by atoms with van der Waals surface area (Å²) >= 11 is 0. The van der Waals surface area contributed by atoms with Gasteiger partial charge in [0.2, 0.25) is 0 Å². The lowest BCUT2D eigenvalue weighted by atomic mass is 10.1. The molecule has 1 aliphatic carbocycles. The zero-order chi connectivity index (χ0) is 13.9. The Morgan fingerprint density at radius 2 is 1.90 bits per heavy atom. The highest BCUT2D eigenvalue weighted by Gasteiger charge is 2.28. The van der Waals surface area contributed by atoms with E-state index in [4.69, 9.17) is 0 Å². The van der Waals surface area contributed by atoms with Gasteiger partial charge in [0.25, 0.3) is 0 Å². The van der Waals surface area contributed by atoms with Crippen LogP contribution in [0.25, 0.3) is 0 Å². The maximum atomic E-state index is 9.60. The van der Waals surface area contributed by atoms with Gasteiger partial charge < -0.3 is 10.4 Å². The number of para-hydroxylation sites is 1. The minimum atomic E-state index is -0.0884. The lowest BCUT2D eigenvalue weighted by Crippen LogP contribution is -2.35. The SMILES string of the molecule is CC(Nc1ccccc1CN1CCC(O)CC1)C1CC1. The van der Waals surface area contributed by atoms with Crippen LogP contribution >= 0.6 is 0 Å². The van der Waals surface area contributed by atoms with Gasteiger partial charge in [0.15, 0.2) is 0 Å². The number of hydrogen-bond donors (Lipinski definition) is 2. The molecule has 2 N–H and O–H groups in total. The van der Waals surface area contributed by atoms with Crippen LogP contribution in [0, 0.1) is 5.92 Å². The number of benzene rings is 1. The molecule has 0 aromatic heterocycles. The second-order valence-electron chi connectivity index (χ2n) is 6.43. The average Bonchev–Trinajstić information content (AvgIpc) is 3.28. The van der Waals surface area contributed by atoms with Crippen LogP contribution in [-0.2, 0) is 6.54 Å². The molecule has 1 aromatic rings. The van der Waals surface area contributed by atoms with Crippen LogP contribution in [0.4, 0.5) is 5.69 Å². The van der Waals surface area contributed by atoms with Gasteiger partial charge >= 0.3 is 0 Å². The maximum Gasteiger partial charge on any atom is 0.0564 e. The number of nitrogens with zero attached hydrogens (tertiary/aromatic N) is 1. The van der Waals surface area contributed by atoms with Crippen LogP contribution in [0.15, 0.2) is 24.3 Å². The summed E-state index contributed by atoms with van der Waals surface area (Å²) < 4.78 is 0. The molecule has 0 radical (unpaired) electrons. The highest BCUT2D eigenvalue weighted by atomic mass is 16.3. The first kappa shape index (κ1) is 13.9. The quantitative estimate of drug-likeness (QED) is 0.866. The van der Waals surface area contributed by atoms with Crippen molar-refractivity contribution in [2.75, 3.05) is 18.4 Å². The van der Waals surface area contributed by atoms with Crippen LogP contribution in [0.5, 0.6) is 0 Å². The van der Waals surface area contributed by atoms with Crippen molar-refractivity contribution in [2.45, 2.75) is 51.3 Å². The fraction of sp³-hybridized carbons (Fsp3) is 0.647. The van der Waals surface area contributed by atoms with E-state index in [1.165, 1.54) is 24.1 Å². The van der Waals surface area contributed by atoms with Gasteiger partial charge in [-0.1, -0.05) is 18.2 Å². The van der Waals surface area contributed by atoms with Crippen molar-refractivity contribution in [3.8, 4) is 0 Å². The third-order valence-corrected chi connectivity index (χ3v) is 4.68. The van der Waals surface area contributed by atoms with Gasteiger partial charge in [-0.2, -0.15) is 0 Å². The van der Waals surface area contributed by atoms with Crippen molar-refractivity contribution in [1.29, 1.82) is 0 Å². The fourth-order valence-corrected chi connectivity index (χ4v) is 3.08. The number of anilines is 1. The summed E-state index contributed by atoms with van der Waals surface area (Å²) in [5, 5.41) is 13.3. The van der Waals surface area contributed by atoms with E-state index in [9.17, 15) is 5.11 Å². The molecule has 1 aromatic carbocycles. The van der Waals surface area contributed by atoms with E-state index in [1.54, 1.807) is 0 Å². The van der Waals surface area contributed by atoms with E-state index >= 15 is 0 Å². The maximum absolute atomic E-state index is 9.60. The van der Waals surface area contributed by atoms with Crippen LogP contribution < -0.4 is 5.32 Å². The van der Waals surface area contributed by atoms with Crippen molar-refractivity contribution in [3.63, 3.8) is 0 Å². The Morgan fingerprint density at radius 1 is 1.20 bits per heavy atom. The summed E-state index contributed by atoms with van der Waals surface area (Å²) in [6, 6.07) is 9.26. The van der Waals surface area contributed by atoms with Gasteiger partial charge in [0.1, 0.15) is 0 Å². The molecule has 1 heterocycles. The molecule has 1 saturated carbocycles. The first-order valence-electron chi connectivity index (χ1n) is 7.97. The Hall–Kier alpha value is -1.06. The number of aliphatic hydroxyl groups excluding tert-OH is 1. The number of nitrogens with one attached hydrogen (secondary N) is 1. The summed E-state index contributed by atoms with van der Waals surface area (Å²) in [6.07, 6.45) is 4.48. The second kappa shape index (κ2) is 6.15. The molecule has 3 nitrogen and oxygen atoms in total.